The summed E-state index contributed by atoms with van der Waals surface area (Å²) in [4.78, 5) is 14.5. The summed E-state index contributed by atoms with van der Waals surface area (Å²) in [5, 5.41) is 2.97. The molecule has 2 aromatic rings. The highest BCUT2D eigenvalue weighted by atomic mass is 32.2. The fourth-order valence-electron chi connectivity index (χ4n) is 3.23. The number of aryl methyl sites for hydroxylation is 1. The van der Waals surface area contributed by atoms with E-state index in [1.54, 1.807) is 35.2 Å². The second-order valence-electron chi connectivity index (χ2n) is 6.64. The number of likely N-dealkylation sites (tertiary alicyclic amines) is 1. The smallest absolute Gasteiger partial charge is 0.321 e. The fourth-order valence-corrected chi connectivity index (χ4v) is 4.56. The van der Waals surface area contributed by atoms with E-state index in [0.29, 0.717) is 25.9 Å². The summed E-state index contributed by atoms with van der Waals surface area (Å²) in [6, 6.07) is 15.8. The molecule has 0 radical (unpaired) electrons. The van der Waals surface area contributed by atoms with Gasteiger partial charge in [-0.25, -0.2) is 17.9 Å². The van der Waals surface area contributed by atoms with Gasteiger partial charge >= 0.3 is 6.03 Å². The van der Waals surface area contributed by atoms with Crippen molar-refractivity contribution < 1.29 is 13.2 Å². The third-order valence-electron chi connectivity index (χ3n) is 4.80. The van der Waals surface area contributed by atoms with Gasteiger partial charge in [-0.3, -0.25) is 0 Å². The van der Waals surface area contributed by atoms with E-state index in [1.807, 2.05) is 24.3 Å². The van der Waals surface area contributed by atoms with Gasteiger partial charge in [0.05, 0.1) is 4.90 Å². The molecular weight excluding hydrogens is 362 g/mol. The highest BCUT2D eigenvalue weighted by Crippen LogP contribution is 2.19. The molecule has 0 aromatic heterocycles. The molecule has 144 valence electrons. The second-order valence-corrected chi connectivity index (χ2v) is 8.35. The Kier molecular flexibility index (Phi) is 6.13. The van der Waals surface area contributed by atoms with Crippen LogP contribution in [0.5, 0.6) is 0 Å². The highest BCUT2D eigenvalue weighted by molar-refractivity contribution is 7.89. The van der Waals surface area contributed by atoms with Gasteiger partial charge in [0.25, 0.3) is 0 Å². The normalized spacial score (nSPS) is 15.5. The van der Waals surface area contributed by atoms with Gasteiger partial charge in [-0.1, -0.05) is 43.3 Å². The van der Waals surface area contributed by atoms with Crippen LogP contribution in [0.1, 0.15) is 25.3 Å². The number of anilines is 1. The maximum atomic E-state index is 12.5. The van der Waals surface area contributed by atoms with Crippen LogP contribution in [0, 0.1) is 0 Å². The van der Waals surface area contributed by atoms with Crippen molar-refractivity contribution in [3.63, 3.8) is 0 Å². The minimum Gasteiger partial charge on any atom is -0.324 e. The third kappa shape index (κ3) is 4.87. The Hall–Kier alpha value is -2.38. The number of carbonyl (C=O) groups is 1. The van der Waals surface area contributed by atoms with Crippen LogP contribution < -0.4 is 10.0 Å². The Morgan fingerprint density at radius 2 is 1.67 bits per heavy atom. The number of carbonyl (C=O) groups excluding carboxylic acids is 1. The largest absolute Gasteiger partial charge is 0.324 e. The average molecular weight is 388 g/mol. The van der Waals surface area contributed by atoms with E-state index >= 15 is 0 Å². The van der Waals surface area contributed by atoms with Gasteiger partial charge in [0.2, 0.25) is 10.0 Å². The number of amides is 2. The molecule has 0 spiro atoms. The van der Waals surface area contributed by atoms with Crippen LogP contribution in [0.3, 0.4) is 0 Å². The molecule has 7 heteroatoms. The van der Waals surface area contributed by atoms with E-state index in [1.165, 1.54) is 0 Å². The molecule has 1 fully saturated rings. The number of nitrogens with zero attached hydrogens (tertiary/aromatic N) is 1. The molecule has 3 rings (SSSR count). The SMILES string of the molecule is CCc1ccccc1NC(=O)N1CCC(NS(=O)(=O)c2ccccc2)CC1. The number of piperidine rings is 1. The summed E-state index contributed by atoms with van der Waals surface area (Å²) in [5.41, 5.74) is 1.92. The Morgan fingerprint density at radius 3 is 2.33 bits per heavy atom. The van der Waals surface area contributed by atoms with Crippen LogP contribution in [-0.2, 0) is 16.4 Å². The van der Waals surface area contributed by atoms with Gasteiger partial charge in [0.1, 0.15) is 0 Å². The summed E-state index contributed by atoms with van der Waals surface area (Å²) >= 11 is 0. The molecule has 0 atom stereocenters. The molecule has 1 saturated heterocycles. The lowest BCUT2D eigenvalue weighted by Crippen LogP contribution is -2.47. The molecule has 1 heterocycles. The summed E-state index contributed by atoms with van der Waals surface area (Å²) in [6.45, 7) is 3.08. The zero-order chi connectivity index (χ0) is 19.3. The maximum Gasteiger partial charge on any atom is 0.321 e. The number of nitrogens with one attached hydrogen (secondary N) is 2. The van der Waals surface area contributed by atoms with Crippen LogP contribution in [-0.4, -0.2) is 38.5 Å². The lowest BCUT2D eigenvalue weighted by Gasteiger charge is -2.32. The Morgan fingerprint density at radius 1 is 1.04 bits per heavy atom. The quantitative estimate of drug-likeness (QED) is 0.827. The van der Waals surface area contributed by atoms with E-state index in [9.17, 15) is 13.2 Å². The summed E-state index contributed by atoms with van der Waals surface area (Å²) in [7, 11) is -3.52. The van der Waals surface area contributed by atoms with E-state index in [0.717, 1.165) is 17.7 Å². The van der Waals surface area contributed by atoms with Crippen LogP contribution in [0.4, 0.5) is 10.5 Å². The van der Waals surface area contributed by atoms with Gasteiger partial charge < -0.3 is 10.2 Å². The number of hydrogen-bond donors (Lipinski definition) is 2. The highest BCUT2D eigenvalue weighted by Gasteiger charge is 2.26. The zero-order valence-electron chi connectivity index (χ0n) is 15.4. The predicted molar refractivity (Wildman–Crippen MR) is 106 cm³/mol. The van der Waals surface area contributed by atoms with Crippen LogP contribution in [0.2, 0.25) is 0 Å². The number of sulfonamides is 1. The Bertz CT molecular complexity index is 876. The molecule has 0 aliphatic carbocycles. The van der Waals surface area contributed by atoms with Gasteiger partial charge in [-0.05, 0) is 43.0 Å². The first-order valence-corrected chi connectivity index (χ1v) is 10.7. The lowest BCUT2D eigenvalue weighted by molar-refractivity contribution is 0.193. The molecule has 1 aliphatic heterocycles. The van der Waals surface area contributed by atoms with E-state index in [-0.39, 0.29) is 17.0 Å². The molecule has 2 aromatic carbocycles. The van der Waals surface area contributed by atoms with Crippen LogP contribution >= 0.6 is 0 Å². The molecule has 2 N–H and O–H groups in total. The maximum absolute atomic E-state index is 12.5. The predicted octanol–water partition coefficient (Wildman–Crippen LogP) is 3.22. The van der Waals surface area contributed by atoms with Gasteiger partial charge in [0.15, 0.2) is 0 Å². The first-order chi connectivity index (χ1) is 13.0. The number of benzene rings is 2. The third-order valence-corrected chi connectivity index (χ3v) is 6.33. The molecular formula is C20H25N3O3S. The topological polar surface area (TPSA) is 78.5 Å². The van der Waals surface area contributed by atoms with Crippen molar-refractivity contribution in [1.82, 2.24) is 9.62 Å². The molecule has 0 bridgehead atoms. The fraction of sp³-hybridized carbons (Fsp3) is 0.350. The number of urea groups is 1. The summed E-state index contributed by atoms with van der Waals surface area (Å²) in [5.74, 6) is 0. The first-order valence-electron chi connectivity index (χ1n) is 9.21. The van der Waals surface area contributed by atoms with E-state index in [2.05, 4.69) is 17.0 Å². The lowest BCUT2D eigenvalue weighted by atomic mass is 10.1. The number of para-hydroxylation sites is 1. The first kappa shape index (κ1) is 19.4. The van der Waals surface area contributed by atoms with Crippen molar-refractivity contribution in [2.24, 2.45) is 0 Å². The Labute approximate surface area is 160 Å². The van der Waals surface area contributed by atoms with E-state index in [4.69, 9.17) is 0 Å². The van der Waals surface area contributed by atoms with Crippen molar-refractivity contribution in [2.45, 2.75) is 37.1 Å². The van der Waals surface area contributed by atoms with Crippen molar-refractivity contribution in [1.29, 1.82) is 0 Å². The van der Waals surface area contributed by atoms with Crippen molar-refractivity contribution >= 4 is 21.7 Å². The number of hydrogen-bond acceptors (Lipinski definition) is 3. The summed E-state index contributed by atoms with van der Waals surface area (Å²) < 4.78 is 27.6. The molecule has 2 amide bonds. The molecule has 1 aliphatic rings. The van der Waals surface area contributed by atoms with Crippen LogP contribution in [0.15, 0.2) is 59.5 Å². The zero-order valence-corrected chi connectivity index (χ0v) is 16.2. The number of rotatable bonds is 5. The second kappa shape index (κ2) is 8.54. The van der Waals surface area contributed by atoms with E-state index < -0.39 is 10.0 Å². The molecule has 6 nitrogen and oxygen atoms in total. The standard InChI is InChI=1S/C20H25N3O3S/c1-2-16-8-6-7-11-19(16)21-20(24)23-14-12-17(13-15-23)22-27(25,26)18-9-4-3-5-10-18/h3-11,17,22H,2,12-15H2,1H3,(H,21,24). The van der Waals surface area contributed by atoms with Gasteiger partial charge in [-0.15, -0.1) is 0 Å². The van der Waals surface area contributed by atoms with Crippen molar-refractivity contribution in [3.8, 4) is 0 Å². The minimum atomic E-state index is -3.52. The average Bonchev–Trinajstić information content (AvgIpc) is 2.69. The summed E-state index contributed by atoms with van der Waals surface area (Å²) in [6.07, 6.45) is 2.03. The molecule has 0 saturated carbocycles. The van der Waals surface area contributed by atoms with Gasteiger partial charge in [-0.2, -0.15) is 0 Å². The minimum absolute atomic E-state index is 0.139. The van der Waals surface area contributed by atoms with Crippen LogP contribution in [0.25, 0.3) is 0 Å². The van der Waals surface area contributed by atoms with Gasteiger partial charge in [0, 0.05) is 24.8 Å². The molecule has 0 unspecified atom stereocenters. The Balaban J connectivity index is 1.55. The monoisotopic (exact) mass is 387 g/mol. The van der Waals surface area contributed by atoms with Crippen molar-refractivity contribution in [3.05, 3.63) is 60.2 Å². The van der Waals surface area contributed by atoms with Crippen molar-refractivity contribution in [2.75, 3.05) is 18.4 Å². The molecule has 27 heavy (non-hydrogen) atoms.